The number of carboxylic acid groups (broad SMARTS) is 1. The monoisotopic (exact) mass is 358 g/mol. The molecule has 9 nitrogen and oxygen atoms in total. The Morgan fingerprint density at radius 1 is 1.35 bits per heavy atom. The van der Waals surface area contributed by atoms with Crippen LogP contribution in [0.1, 0.15) is 17.7 Å². The number of amides is 2. The summed E-state index contributed by atoms with van der Waals surface area (Å²) in [5, 5.41) is 9.71. The highest BCUT2D eigenvalue weighted by atomic mass is 16.4. The van der Waals surface area contributed by atoms with E-state index >= 15 is 0 Å². The molecule has 1 unspecified atom stereocenters. The van der Waals surface area contributed by atoms with Crippen LogP contribution in [0.4, 0.5) is 0 Å². The number of rotatable bonds is 7. The maximum absolute atomic E-state index is 11.9. The maximum Gasteiger partial charge on any atom is 0.335 e. The second-order valence-corrected chi connectivity index (χ2v) is 5.68. The molecule has 1 aliphatic rings. The van der Waals surface area contributed by atoms with Gasteiger partial charge in [-0.3, -0.25) is 19.3 Å². The number of aromatic nitrogens is 2. The number of hydrogen-bond acceptors (Lipinski definition) is 6. The average Bonchev–Trinajstić information content (AvgIpc) is 3.09. The third-order valence-electron chi connectivity index (χ3n) is 3.95. The van der Waals surface area contributed by atoms with E-state index in [0.717, 1.165) is 0 Å². The van der Waals surface area contributed by atoms with Gasteiger partial charge in [0.15, 0.2) is 11.3 Å². The van der Waals surface area contributed by atoms with Crippen LogP contribution in [0.3, 0.4) is 0 Å². The Kier molecular flexibility index (Phi) is 5.97. The molecule has 1 aromatic carbocycles. The number of aliphatic carboxylic acids is 1. The van der Waals surface area contributed by atoms with Crippen LogP contribution in [0, 0.1) is 0 Å². The summed E-state index contributed by atoms with van der Waals surface area (Å²) in [5.74, 6) is -1.10. The first-order chi connectivity index (χ1) is 12.5. The van der Waals surface area contributed by atoms with Crippen molar-refractivity contribution in [1.82, 2.24) is 14.9 Å². The number of hydrogen-bond donors (Lipinski definition) is 3. The standard InChI is InChI=1S/C14H13N3O4.C3H5NO/c18-9-17(10-19)14(13(20)21,6-12-7-15-8-16-12)11-4-2-1-3-5-11;4-2-1-3(2)5/h1-5,7-10H,6H2,(H,15,16)(H,20,21);2H,1,4H2/t14-;/m1./s1. The lowest BCUT2D eigenvalue weighted by Gasteiger charge is -2.34. The molecule has 9 heteroatoms. The molecule has 0 spiro atoms. The number of nitrogens with two attached hydrogens (primary N) is 1. The van der Waals surface area contributed by atoms with Crippen molar-refractivity contribution in [2.45, 2.75) is 24.4 Å². The molecule has 1 heterocycles. The Labute approximate surface area is 148 Å². The number of aromatic amines is 1. The molecule has 1 aromatic heterocycles. The third kappa shape index (κ3) is 4.01. The highest BCUT2D eigenvalue weighted by molar-refractivity contribution is 5.99. The quantitative estimate of drug-likeness (QED) is 0.582. The topological polar surface area (TPSA) is 146 Å². The second-order valence-electron chi connectivity index (χ2n) is 5.68. The number of carbonyl (C=O) groups excluding carboxylic acids is 3. The molecule has 2 atom stereocenters. The van der Waals surface area contributed by atoms with E-state index in [-0.39, 0.29) is 31.1 Å². The molecule has 2 aromatic rings. The lowest BCUT2D eigenvalue weighted by atomic mass is 9.84. The van der Waals surface area contributed by atoms with Crippen molar-refractivity contribution >= 4 is 24.6 Å². The van der Waals surface area contributed by atoms with Crippen LogP contribution in [0.2, 0.25) is 0 Å². The van der Waals surface area contributed by atoms with Crippen molar-refractivity contribution in [1.29, 1.82) is 0 Å². The number of H-pyrrole nitrogens is 1. The Bertz CT molecular complexity index is 770. The van der Waals surface area contributed by atoms with Gasteiger partial charge >= 0.3 is 5.97 Å². The van der Waals surface area contributed by atoms with Crippen LogP contribution in [0.15, 0.2) is 42.9 Å². The van der Waals surface area contributed by atoms with Gasteiger partial charge in [-0.1, -0.05) is 30.3 Å². The molecule has 3 rings (SSSR count). The lowest BCUT2D eigenvalue weighted by Crippen LogP contribution is -2.52. The summed E-state index contributed by atoms with van der Waals surface area (Å²) < 4.78 is 0. The summed E-state index contributed by atoms with van der Waals surface area (Å²) in [6, 6.07) is 8.05. The predicted molar refractivity (Wildman–Crippen MR) is 89.6 cm³/mol. The molecule has 26 heavy (non-hydrogen) atoms. The number of carboxylic acids is 1. The summed E-state index contributed by atoms with van der Waals surface area (Å²) in [4.78, 5) is 51.3. The first kappa shape index (κ1) is 19.0. The number of ketones is 1. The van der Waals surface area contributed by atoms with Crippen molar-refractivity contribution in [2.24, 2.45) is 5.73 Å². The summed E-state index contributed by atoms with van der Waals surface area (Å²) in [5.41, 5.74) is 4.01. The number of imidazole rings is 1. The molecule has 0 radical (unpaired) electrons. The first-order valence-corrected chi connectivity index (χ1v) is 7.69. The summed E-state index contributed by atoms with van der Waals surface area (Å²) >= 11 is 0. The van der Waals surface area contributed by atoms with E-state index in [1.165, 1.54) is 12.5 Å². The van der Waals surface area contributed by atoms with Crippen LogP contribution in [-0.4, -0.2) is 50.6 Å². The number of Topliss-reactive ketones (excluding diaryl/α,β-unsaturated/α-hetero) is 1. The normalized spacial score (nSPS) is 17.3. The summed E-state index contributed by atoms with van der Waals surface area (Å²) in [6.45, 7) is 0. The van der Waals surface area contributed by atoms with Gasteiger partial charge in [-0.05, 0) is 5.56 Å². The van der Waals surface area contributed by atoms with E-state index in [4.69, 9.17) is 5.73 Å². The van der Waals surface area contributed by atoms with E-state index in [9.17, 15) is 24.3 Å². The van der Waals surface area contributed by atoms with E-state index in [0.29, 0.717) is 22.6 Å². The molecule has 4 N–H and O–H groups in total. The third-order valence-corrected chi connectivity index (χ3v) is 3.95. The molecule has 2 amide bonds. The molecule has 1 saturated carbocycles. The Morgan fingerprint density at radius 2 is 1.92 bits per heavy atom. The fraction of sp³-hybridized carbons (Fsp3) is 0.235. The van der Waals surface area contributed by atoms with E-state index in [2.05, 4.69) is 9.97 Å². The fourth-order valence-corrected chi connectivity index (χ4v) is 2.39. The van der Waals surface area contributed by atoms with Gasteiger partial charge in [-0.2, -0.15) is 0 Å². The molecule has 1 aliphatic carbocycles. The predicted octanol–water partition coefficient (Wildman–Crippen LogP) is -0.166. The molecular weight excluding hydrogens is 340 g/mol. The summed E-state index contributed by atoms with van der Waals surface area (Å²) in [6.07, 6.45) is 3.78. The molecule has 0 saturated heterocycles. The zero-order valence-electron chi connectivity index (χ0n) is 13.7. The van der Waals surface area contributed by atoms with Crippen molar-refractivity contribution < 1.29 is 24.3 Å². The molecule has 0 bridgehead atoms. The molecule has 0 aliphatic heterocycles. The number of nitrogens with one attached hydrogen (secondary N) is 1. The van der Waals surface area contributed by atoms with Crippen LogP contribution in [-0.2, 0) is 31.1 Å². The van der Waals surface area contributed by atoms with Crippen LogP contribution >= 0.6 is 0 Å². The minimum Gasteiger partial charge on any atom is -0.479 e. The molecular formula is C17H18N4O5. The highest BCUT2D eigenvalue weighted by Gasteiger charge is 2.46. The summed E-state index contributed by atoms with van der Waals surface area (Å²) in [7, 11) is 0. The van der Waals surface area contributed by atoms with Crippen LogP contribution in [0.25, 0.3) is 0 Å². The number of imide groups is 1. The van der Waals surface area contributed by atoms with Gasteiger partial charge in [0.05, 0.1) is 12.4 Å². The Balaban J connectivity index is 0.000000417. The van der Waals surface area contributed by atoms with E-state index in [1.807, 2.05) is 0 Å². The lowest BCUT2D eigenvalue weighted by molar-refractivity contribution is -0.159. The first-order valence-electron chi connectivity index (χ1n) is 7.69. The largest absolute Gasteiger partial charge is 0.479 e. The van der Waals surface area contributed by atoms with Crippen molar-refractivity contribution in [3.8, 4) is 0 Å². The van der Waals surface area contributed by atoms with Crippen molar-refractivity contribution in [3.63, 3.8) is 0 Å². The van der Waals surface area contributed by atoms with Gasteiger partial charge in [0, 0.05) is 24.7 Å². The van der Waals surface area contributed by atoms with Crippen molar-refractivity contribution in [2.75, 3.05) is 0 Å². The number of benzene rings is 1. The Morgan fingerprint density at radius 3 is 2.31 bits per heavy atom. The van der Waals surface area contributed by atoms with E-state index < -0.39 is 11.5 Å². The molecule has 1 fully saturated rings. The van der Waals surface area contributed by atoms with Gasteiger partial charge < -0.3 is 15.8 Å². The maximum atomic E-state index is 11.9. The Hall–Kier alpha value is -3.33. The van der Waals surface area contributed by atoms with Gasteiger partial charge in [-0.25, -0.2) is 9.78 Å². The molecule has 136 valence electrons. The zero-order valence-corrected chi connectivity index (χ0v) is 13.7. The van der Waals surface area contributed by atoms with Gasteiger partial charge in [0.2, 0.25) is 12.8 Å². The van der Waals surface area contributed by atoms with Crippen molar-refractivity contribution in [3.05, 3.63) is 54.1 Å². The van der Waals surface area contributed by atoms with Gasteiger partial charge in [-0.15, -0.1) is 0 Å². The SMILES string of the molecule is NC1CC1=O.O=CN(C=O)[C@@](Cc1cnc[nH]1)(C(=O)O)c1ccccc1. The van der Waals surface area contributed by atoms with Gasteiger partial charge in [0.1, 0.15) is 0 Å². The zero-order chi connectivity index (χ0) is 19.2. The van der Waals surface area contributed by atoms with Gasteiger partial charge in [0.25, 0.3) is 0 Å². The minimum absolute atomic E-state index is 0.0880. The number of nitrogens with zero attached hydrogens (tertiary/aromatic N) is 2. The second kappa shape index (κ2) is 8.17. The fourth-order valence-electron chi connectivity index (χ4n) is 2.39. The minimum atomic E-state index is -1.82. The average molecular weight is 358 g/mol. The van der Waals surface area contributed by atoms with Crippen LogP contribution < -0.4 is 5.73 Å². The number of carbonyl (C=O) groups is 4. The smallest absolute Gasteiger partial charge is 0.335 e. The van der Waals surface area contributed by atoms with Crippen LogP contribution in [0.5, 0.6) is 0 Å². The highest BCUT2D eigenvalue weighted by Crippen LogP contribution is 2.31. The van der Waals surface area contributed by atoms with E-state index in [1.54, 1.807) is 30.3 Å².